The van der Waals surface area contributed by atoms with Crippen molar-refractivity contribution in [2.75, 3.05) is 0 Å². The number of aliphatic hydroxyl groups is 1. The molecule has 1 aromatic heterocycles. The van der Waals surface area contributed by atoms with Crippen LogP contribution in [0.5, 0.6) is 0 Å². The smallest absolute Gasteiger partial charge is 0.113 e. The molecule has 1 aromatic carbocycles. The summed E-state index contributed by atoms with van der Waals surface area (Å²) in [5, 5.41) is 10.7. The maximum atomic E-state index is 10.7. The minimum absolute atomic E-state index is 0.818. The molecule has 2 aromatic rings. The first-order chi connectivity index (χ1) is 8.64. The van der Waals surface area contributed by atoms with E-state index < -0.39 is 5.60 Å². The highest BCUT2D eigenvalue weighted by atomic mass is 16.3. The van der Waals surface area contributed by atoms with Crippen molar-refractivity contribution in [1.29, 1.82) is 0 Å². The number of nitrogens with zero attached hydrogens (tertiary/aromatic N) is 1. The van der Waals surface area contributed by atoms with Gasteiger partial charge in [0.1, 0.15) is 5.60 Å². The zero-order valence-corrected chi connectivity index (χ0v) is 10.9. The molecule has 0 fully saturated rings. The minimum Gasteiger partial charge on any atom is -0.381 e. The topological polar surface area (TPSA) is 33.1 Å². The Hall–Kier alpha value is -1.67. The maximum Gasteiger partial charge on any atom is 0.113 e. The van der Waals surface area contributed by atoms with Gasteiger partial charge in [0, 0.05) is 18.0 Å². The Bertz CT molecular complexity index is 506. The molecule has 0 amide bonds. The summed E-state index contributed by atoms with van der Waals surface area (Å²) < 4.78 is 0. The summed E-state index contributed by atoms with van der Waals surface area (Å²) >= 11 is 0. The second-order valence-corrected chi connectivity index (χ2v) is 4.76. The van der Waals surface area contributed by atoms with Crippen molar-refractivity contribution in [1.82, 2.24) is 4.98 Å². The van der Waals surface area contributed by atoms with E-state index in [-0.39, 0.29) is 0 Å². The van der Waals surface area contributed by atoms with Gasteiger partial charge in [0.2, 0.25) is 0 Å². The zero-order valence-electron chi connectivity index (χ0n) is 10.9. The quantitative estimate of drug-likeness (QED) is 0.891. The number of rotatable bonds is 4. The van der Waals surface area contributed by atoms with Gasteiger partial charge in [-0.15, -0.1) is 0 Å². The van der Waals surface area contributed by atoms with Gasteiger partial charge >= 0.3 is 0 Å². The van der Waals surface area contributed by atoms with E-state index in [4.69, 9.17) is 0 Å². The van der Waals surface area contributed by atoms with Crippen LogP contribution >= 0.6 is 0 Å². The molecule has 0 aliphatic rings. The molecule has 0 radical (unpaired) electrons. The molecule has 1 N–H and O–H groups in total. The Balaban J connectivity index is 2.38. The summed E-state index contributed by atoms with van der Waals surface area (Å²) in [6.07, 6.45) is 5.58. The molecule has 0 bridgehead atoms. The second kappa shape index (κ2) is 5.32. The molecule has 0 saturated heterocycles. The first-order valence-corrected chi connectivity index (χ1v) is 6.37. The number of benzene rings is 1. The van der Waals surface area contributed by atoms with E-state index in [2.05, 4.69) is 24.0 Å². The van der Waals surface area contributed by atoms with Crippen LogP contribution in [0.4, 0.5) is 0 Å². The summed E-state index contributed by atoms with van der Waals surface area (Å²) in [6, 6.07) is 11.9. The highest BCUT2D eigenvalue weighted by Crippen LogP contribution is 2.29. The van der Waals surface area contributed by atoms with Crippen LogP contribution in [0.2, 0.25) is 0 Å². The number of pyridine rings is 1. The van der Waals surface area contributed by atoms with Gasteiger partial charge in [-0.1, -0.05) is 43.7 Å². The van der Waals surface area contributed by atoms with Gasteiger partial charge < -0.3 is 5.11 Å². The van der Waals surface area contributed by atoms with Crippen molar-refractivity contribution in [2.45, 2.75) is 32.3 Å². The molecular weight excluding hydrogens is 222 g/mol. The lowest BCUT2D eigenvalue weighted by Crippen LogP contribution is -2.23. The largest absolute Gasteiger partial charge is 0.381 e. The fourth-order valence-electron chi connectivity index (χ4n) is 2.14. The SMILES string of the molecule is CCCc1cccc(C(C)(O)c2cccnc2)c1. The number of aryl methyl sites for hydroxylation is 1. The molecule has 0 saturated carbocycles. The minimum atomic E-state index is -0.988. The van der Waals surface area contributed by atoms with E-state index in [0.29, 0.717) is 0 Å². The molecule has 0 aliphatic carbocycles. The molecule has 1 atom stereocenters. The van der Waals surface area contributed by atoms with Gasteiger partial charge in [0.15, 0.2) is 0 Å². The third kappa shape index (κ3) is 2.59. The molecule has 1 unspecified atom stereocenters. The van der Waals surface area contributed by atoms with Crippen molar-refractivity contribution in [2.24, 2.45) is 0 Å². The normalized spacial score (nSPS) is 14.2. The Labute approximate surface area is 108 Å². The van der Waals surface area contributed by atoms with Gasteiger partial charge in [-0.05, 0) is 30.5 Å². The molecule has 18 heavy (non-hydrogen) atoms. The standard InChI is InChI=1S/C16H19NO/c1-3-6-13-7-4-8-14(11-13)16(2,18)15-9-5-10-17-12-15/h4-5,7-12,18H,3,6H2,1-2H3. The Morgan fingerprint density at radius 3 is 2.61 bits per heavy atom. The monoisotopic (exact) mass is 241 g/mol. The highest BCUT2D eigenvalue weighted by molar-refractivity contribution is 5.36. The van der Waals surface area contributed by atoms with E-state index in [1.165, 1.54) is 5.56 Å². The van der Waals surface area contributed by atoms with Gasteiger partial charge in [-0.3, -0.25) is 4.98 Å². The Morgan fingerprint density at radius 2 is 1.94 bits per heavy atom. The summed E-state index contributed by atoms with van der Waals surface area (Å²) in [6.45, 7) is 3.97. The molecule has 0 spiro atoms. The Morgan fingerprint density at radius 1 is 1.17 bits per heavy atom. The third-order valence-electron chi connectivity index (χ3n) is 3.25. The summed E-state index contributed by atoms with van der Waals surface area (Å²) in [4.78, 5) is 4.08. The summed E-state index contributed by atoms with van der Waals surface area (Å²) in [5.74, 6) is 0. The average Bonchev–Trinajstić information content (AvgIpc) is 2.40. The second-order valence-electron chi connectivity index (χ2n) is 4.76. The molecule has 0 aliphatic heterocycles. The predicted molar refractivity (Wildman–Crippen MR) is 73.3 cm³/mol. The van der Waals surface area contributed by atoms with E-state index in [0.717, 1.165) is 24.0 Å². The first kappa shape index (κ1) is 12.8. The van der Waals surface area contributed by atoms with E-state index in [9.17, 15) is 5.11 Å². The van der Waals surface area contributed by atoms with Crippen molar-refractivity contribution in [3.8, 4) is 0 Å². The molecule has 2 heteroatoms. The van der Waals surface area contributed by atoms with Crippen LogP contribution in [0.15, 0.2) is 48.8 Å². The summed E-state index contributed by atoms with van der Waals surface area (Å²) in [7, 11) is 0. The number of hydrogen-bond donors (Lipinski definition) is 1. The predicted octanol–water partition coefficient (Wildman–Crippen LogP) is 3.29. The lowest BCUT2D eigenvalue weighted by atomic mass is 9.88. The van der Waals surface area contributed by atoms with Crippen LogP contribution < -0.4 is 0 Å². The van der Waals surface area contributed by atoms with Crippen LogP contribution in [0.1, 0.15) is 37.0 Å². The van der Waals surface area contributed by atoms with Crippen LogP contribution in [0.3, 0.4) is 0 Å². The molecule has 2 nitrogen and oxygen atoms in total. The Kier molecular flexibility index (Phi) is 3.78. The van der Waals surface area contributed by atoms with Crippen LogP contribution in [0, 0.1) is 0 Å². The van der Waals surface area contributed by atoms with Gasteiger partial charge in [0.25, 0.3) is 0 Å². The van der Waals surface area contributed by atoms with Crippen molar-refractivity contribution in [3.63, 3.8) is 0 Å². The molecule has 1 heterocycles. The first-order valence-electron chi connectivity index (χ1n) is 6.37. The number of hydrogen-bond acceptors (Lipinski definition) is 2. The number of aromatic nitrogens is 1. The van der Waals surface area contributed by atoms with E-state index >= 15 is 0 Å². The van der Waals surface area contributed by atoms with Gasteiger partial charge in [-0.2, -0.15) is 0 Å². The van der Waals surface area contributed by atoms with Gasteiger partial charge in [-0.25, -0.2) is 0 Å². The van der Waals surface area contributed by atoms with Crippen LogP contribution in [-0.2, 0) is 12.0 Å². The maximum absolute atomic E-state index is 10.7. The van der Waals surface area contributed by atoms with Crippen molar-refractivity contribution < 1.29 is 5.11 Å². The van der Waals surface area contributed by atoms with Crippen molar-refractivity contribution in [3.05, 3.63) is 65.5 Å². The average molecular weight is 241 g/mol. The fraction of sp³-hybridized carbons (Fsp3) is 0.312. The van der Waals surface area contributed by atoms with Crippen LogP contribution in [0.25, 0.3) is 0 Å². The molecule has 94 valence electrons. The lowest BCUT2D eigenvalue weighted by Gasteiger charge is -2.24. The fourth-order valence-corrected chi connectivity index (χ4v) is 2.14. The summed E-state index contributed by atoms with van der Waals surface area (Å²) in [5.41, 5.74) is 2.01. The zero-order chi connectivity index (χ0) is 13.0. The van der Waals surface area contributed by atoms with Gasteiger partial charge in [0.05, 0.1) is 0 Å². The highest BCUT2D eigenvalue weighted by Gasteiger charge is 2.25. The molecule has 2 rings (SSSR count). The third-order valence-corrected chi connectivity index (χ3v) is 3.25. The lowest BCUT2D eigenvalue weighted by molar-refractivity contribution is 0.102. The molecular formula is C16H19NO. The van der Waals surface area contributed by atoms with Crippen molar-refractivity contribution >= 4 is 0 Å². The van der Waals surface area contributed by atoms with Crippen LogP contribution in [-0.4, -0.2) is 10.1 Å². The van der Waals surface area contributed by atoms with E-state index in [1.807, 2.05) is 31.2 Å². The van der Waals surface area contributed by atoms with E-state index in [1.54, 1.807) is 12.4 Å².